The molecule has 2 heteroatoms. The van der Waals surface area contributed by atoms with Gasteiger partial charge in [0.1, 0.15) is 0 Å². The maximum atomic E-state index is 2.41. The van der Waals surface area contributed by atoms with E-state index in [2.05, 4.69) is 258 Å². The summed E-state index contributed by atoms with van der Waals surface area (Å²) in [6.45, 7) is 0. The first-order chi connectivity index (χ1) is 31.2. The maximum Gasteiger partial charge on any atom is 0.0541 e. The first-order valence-electron chi connectivity index (χ1n) is 21.8. The van der Waals surface area contributed by atoms with Gasteiger partial charge in [-0.05, 0) is 123 Å². The van der Waals surface area contributed by atoms with Gasteiger partial charge >= 0.3 is 0 Å². The van der Waals surface area contributed by atoms with E-state index in [9.17, 15) is 0 Å². The quantitative estimate of drug-likeness (QED) is 0.135. The van der Waals surface area contributed by atoms with Crippen LogP contribution in [0.2, 0.25) is 0 Å². The third-order valence-corrected chi connectivity index (χ3v) is 12.8. The van der Waals surface area contributed by atoms with Crippen LogP contribution in [-0.2, 0) is 0 Å². The second-order valence-corrected chi connectivity index (χ2v) is 16.5. The highest BCUT2D eigenvalue weighted by Crippen LogP contribution is 2.41. The van der Waals surface area contributed by atoms with Crippen molar-refractivity contribution < 1.29 is 0 Å². The number of fused-ring (bicyclic) bond motifs is 6. The number of hydrogen-bond donors (Lipinski definition) is 0. The van der Waals surface area contributed by atoms with E-state index in [1.165, 1.54) is 93.7 Å². The molecule has 0 atom stereocenters. The number of nitrogens with zero attached hydrogens (tertiary/aromatic N) is 2. The van der Waals surface area contributed by atoms with Crippen molar-refractivity contribution in [1.82, 2.24) is 9.13 Å². The summed E-state index contributed by atoms with van der Waals surface area (Å²) in [5.74, 6) is 0.127. The van der Waals surface area contributed by atoms with Crippen LogP contribution in [0, 0.1) is 0 Å². The zero-order valence-corrected chi connectivity index (χ0v) is 34.6. The largest absolute Gasteiger partial charge is 0.309 e. The summed E-state index contributed by atoms with van der Waals surface area (Å²) >= 11 is 0. The van der Waals surface area contributed by atoms with Gasteiger partial charge in [-0.25, -0.2) is 0 Å². The van der Waals surface area contributed by atoms with Crippen molar-refractivity contribution >= 4 is 43.6 Å². The van der Waals surface area contributed by atoms with Crippen molar-refractivity contribution in [3.8, 4) is 44.8 Å². The Balaban J connectivity index is 1.03. The molecular weight excluding hydrogens is 761 g/mol. The van der Waals surface area contributed by atoms with Gasteiger partial charge in [0.05, 0.1) is 22.1 Å². The van der Waals surface area contributed by atoms with E-state index in [4.69, 9.17) is 0 Å². The Bertz CT molecular complexity index is 3550. The van der Waals surface area contributed by atoms with Gasteiger partial charge in [-0.15, -0.1) is 0 Å². The molecule has 10 aromatic carbocycles. The molecule has 0 N–H and O–H groups in total. The van der Waals surface area contributed by atoms with Gasteiger partial charge in [0.2, 0.25) is 0 Å². The van der Waals surface area contributed by atoms with Gasteiger partial charge in [0.15, 0.2) is 0 Å². The lowest BCUT2D eigenvalue weighted by atomic mass is 9.84. The van der Waals surface area contributed by atoms with E-state index in [1.54, 1.807) is 0 Å². The fourth-order valence-corrected chi connectivity index (χ4v) is 9.87. The summed E-state index contributed by atoms with van der Waals surface area (Å²) in [6.07, 6.45) is 0. The van der Waals surface area contributed by atoms with Crippen LogP contribution in [0.1, 0.15) is 22.6 Å². The second-order valence-electron chi connectivity index (χ2n) is 16.5. The van der Waals surface area contributed by atoms with E-state index in [0.29, 0.717) is 0 Å². The summed E-state index contributed by atoms with van der Waals surface area (Å²) < 4.78 is 4.82. The number of benzene rings is 10. The Labute approximate surface area is 367 Å². The molecular formula is C61H42N2. The average molecular weight is 803 g/mol. The monoisotopic (exact) mass is 802 g/mol. The minimum atomic E-state index is 0.127. The van der Waals surface area contributed by atoms with E-state index in [1.807, 2.05) is 0 Å². The fraction of sp³-hybridized carbons (Fsp3) is 0.0164. The van der Waals surface area contributed by atoms with Crippen molar-refractivity contribution in [1.29, 1.82) is 0 Å². The number of para-hydroxylation sites is 2. The van der Waals surface area contributed by atoms with E-state index in [0.717, 1.165) is 11.4 Å². The molecule has 0 saturated heterocycles. The minimum Gasteiger partial charge on any atom is -0.309 e. The Kier molecular flexibility index (Phi) is 8.93. The summed E-state index contributed by atoms with van der Waals surface area (Å²) in [5, 5.41) is 4.94. The van der Waals surface area contributed by atoms with Crippen LogP contribution in [0.25, 0.3) is 88.4 Å². The zero-order chi connectivity index (χ0) is 41.7. The summed E-state index contributed by atoms with van der Waals surface area (Å²) in [7, 11) is 0. The zero-order valence-electron chi connectivity index (χ0n) is 34.6. The van der Waals surface area contributed by atoms with Crippen LogP contribution in [0.15, 0.2) is 249 Å². The normalized spacial score (nSPS) is 11.6. The molecule has 12 aromatic rings. The Morgan fingerprint density at radius 1 is 0.222 bits per heavy atom. The molecule has 0 radical (unpaired) electrons. The molecule has 2 nitrogen and oxygen atoms in total. The first-order valence-corrected chi connectivity index (χ1v) is 21.8. The Morgan fingerprint density at radius 3 is 0.921 bits per heavy atom. The highest BCUT2D eigenvalue weighted by atomic mass is 15.0. The van der Waals surface area contributed by atoms with Gasteiger partial charge in [0.25, 0.3) is 0 Å². The SMILES string of the molecule is c1ccc(-c2ccc3c(c2)c2cc(-c4ccc5c(c4)c4cc(-c6cccc(C(c7ccccc7)c7ccccc7)c6)ccc4n5-c4ccccc4)ccc2n3-c2ccccc2)cc1. The van der Waals surface area contributed by atoms with Gasteiger partial charge in [0, 0.05) is 38.8 Å². The Morgan fingerprint density at radius 2 is 0.524 bits per heavy atom. The lowest BCUT2D eigenvalue weighted by Crippen LogP contribution is -2.03. The first kappa shape index (κ1) is 36.6. The van der Waals surface area contributed by atoms with Crippen LogP contribution < -0.4 is 0 Å². The smallest absolute Gasteiger partial charge is 0.0541 e. The van der Waals surface area contributed by atoms with Gasteiger partial charge in [-0.3, -0.25) is 0 Å². The van der Waals surface area contributed by atoms with Crippen LogP contribution in [0.4, 0.5) is 0 Å². The molecule has 0 aliphatic heterocycles. The van der Waals surface area contributed by atoms with E-state index in [-0.39, 0.29) is 5.92 Å². The molecule has 0 fully saturated rings. The van der Waals surface area contributed by atoms with Gasteiger partial charge in [-0.2, -0.15) is 0 Å². The molecule has 0 saturated carbocycles. The molecule has 0 aliphatic rings. The maximum absolute atomic E-state index is 2.41. The Hall–Kier alpha value is -8.20. The lowest BCUT2D eigenvalue weighted by molar-refractivity contribution is 0.978. The summed E-state index contributed by atoms with van der Waals surface area (Å²) in [6, 6.07) is 91.0. The van der Waals surface area contributed by atoms with Crippen molar-refractivity contribution in [2.75, 3.05) is 0 Å². The number of hydrogen-bond acceptors (Lipinski definition) is 0. The van der Waals surface area contributed by atoms with Crippen molar-refractivity contribution in [2.45, 2.75) is 5.92 Å². The lowest BCUT2D eigenvalue weighted by Gasteiger charge is -2.20. The topological polar surface area (TPSA) is 9.86 Å². The molecule has 2 heterocycles. The second kappa shape index (κ2) is 15.4. The number of aromatic nitrogens is 2. The van der Waals surface area contributed by atoms with Gasteiger partial charge < -0.3 is 9.13 Å². The fourth-order valence-electron chi connectivity index (χ4n) is 9.87. The molecule has 0 aliphatic carbocycles. The minimum absolute atomic E-state index is 0.127. The number of rotatable bonds is 8. The highest BCUT2D eigenvalue weighted by Gasteiger charge is 2.20. The summed E-state index contributed by atoms with van der Waals surface area (Å²) in [5.41, 5.74) is 18.2. The standard InChI is InChI=1S/C61H42N2/c1-6-17-42(18-7-1)46-29-33-57-53(38-46)55-40-48(31-35-59(55)62(57)51-25-12-4-13-26-51)49-32-36-60-56(41-49)54-39-47(30-34-58(54)63(60)52-27-14-5-15-28-52)45-23-16-24-50(37-45)61(43-19-8-2-9-20-43)44-21-10-3-11-22-44/h1-41,61H. The van der Waals surface area contributed by atoms with Crippen LogP contribution in [0.3, 0.4) is 0 Å². The van der Waals surface area contributed by atoms with E-state index >= 15 is 0 Å². The molecule has 0 bridgehead atoms. The van der Waals surface area contributed by atoms with Gasteiger partial charge in [-0.1, -0.05) is 176 Å². The van der Waals surface area contributed by atoms with Crippen molar-refractivity contribution in [3.05, 3.63) is 265 Å². The van der Waals surface area contributed by atoms with Crippen molar-refractivity contribution in [3.63, 3.8) is 0 Å². The molecule has 2 aromatic heterocycles. The van der Waals surface area contributed by atoms with E-state index < -0.39 is 0 Å². The molecule has 0 amide bonds. The molecule has 0 unspecified atom stereocenters. The predicted octanol–water partition coefficient (Wildman–Crippen LogP) is 16.1. The molecule has 296 valence electrons. The van der Waals surface area contributed by atoms with Crippen LogP contribution in [0.5, 0.6) is 0 Å². The van der Waals surface area contributed by atoms with Crippen molar-refractivity contribution in [2.24, 2.45) is 0 Å². The molecule has 12 rings (SSSR count). The average Bonchev–Trinajstić information content (AvgIpc) is 3.87. The van der Waals surface area contributed by atoms with Crippen LogP contribution >= 0.6 is 0 Å². The summed E-state index contributed by atoms with van der Waals surface area (Å²) in [4.78, 5) is 0. The molecule has 63 heavy (non-hydrogen) atoms. The predicted molar refractivity (Wildman–Crippen MR) is 265 cm³/mol. The molecule has 0 spiro atoms. The van der Waals surface area contributed by atoms with Crippen LogP contribution in [-0.4, -0.2) is 9.13 Å². The third-order valence-electron chi connectivity index (χ3n) is 12.8. The third kappa shape index (κ3) is 6.43. The highest BCUT2D eigenvalue weighted by molar-refractivity contribution is 6.14.